The van der Waals surface area contributed by atoms with Crippen molar-refractivity contribution in [2.75, 3.05) is 11.5 Å². The SMILES string of the molecule is CCSSCC.O=Cc1ccccc1. The van der Waals surface area contributed by atoms with E-state index < -0.39 is 0 Å². The van der Waals surface area contributed by atoms with Gasteiger partial charge in [-0.15, -0.1) is 0 Å². The Morgan fingerprint density at radius 3 is 1.86 bits per heavy atom. The lowest BCUT2D eigenvalue weighted by Crippen LogP contribution is -1.73. The van der Waals surface area contributed by atoms with Crippen LogP contribution in [0, 0.1) is 0 Å². The molecule has 0 heterocycles. The fraction of sp³-hybridized carbons (Fsp3) is 0.364. The molecule has 1 nitrogen and oxygen atoms in total. The standard InChI is InChI=1S/C7H6O.C4H10S2/c8-6-7-4-2-1-3-5-7;1-3-5-6-4-2/h1-6H;3-4H2,1-2H3. The van der Waals surface area contributed by atoms with Gasteiger partial charge in [-0.2, -0.15) is 0 Å². The van der Waals surface area contributed by atoms with Gasteiger partial charge in [-0.3, -0.25) is 4.79 Å². The van der Waals surface area contributed by atoms with Crippen molar-refractivity contribution >= 4 is 27.9 Å². The van der Waals surface area contributed by atoms with Crippen molar-refractivity contribution in [1.29, 1.82) is 0 Å². The minimum atomic E-state index is 0.729. The Morgan fingerprint density at radius 2 is 1.57 bits per heavy atom. The summed E-state index contributed by atoms with van der Waals surface area (Å²) in [6, 6.07) is 9.10. The highest BCUT2D eigenvalue weighted by molar-refractivity contribution is 8.76. The van der Waals surface area contributed by atoms with Crippen molar-refractivity contribution in [2.24, 2.45) is 0 Å². The molecule has 1 aromatic carbocycles. The zero-order chi connectivity index (χ0) is 10.6. The fourth-order valence-corrected chi connectivity index (χ4v) is 2.03. The largest absolute Gasteiger partial charge is 0.298 e. The van der Waals surface area contributed by atoms with Crippen molar-refractivity contribution in [1.82, 2.24) is 0 Å². The number of hydrogen-bond donors (Lipinski definition) is 0. The molecule has 0 radical (unpaired) electrons. The molecule has 1 aromatic rings. The summed E-state index contributed by atoms with van der Waals surface area (Å²) in [6.45, 7) is 4.35. The summed E-state index contributed by atoms with van der Waals surface area (Å²) in [5.74, 6) is 2.47. The molecule has 0 saturated carbocycles. The molecule has 0 amide bonds. The molecule has 0 N–H and O–H groups in total. The van der Waals surface area contributed by atoms with Crippen LogP contribution in [0.25, 0.3) is 0 Å². The van der Waals surface area contributed by atoms with E-state index >= 15 is 0 Å². The van der Waals surface area contributed by atoms with Gasteiger partial charge in [0.2, 0.25) is 0 Å². The predicted molar refractivity (Wildman–Crippen MR) is 68.1 cm³/mol. The molecule has 0 unspecified atom stereocenters. The second kappa shape index (κ2) is 10.7. The third-order valence-electron chi connectivity index (χ3n) is 1.25. The first-order valence-corrected chi connectivity index (χ1v) is 7.08. The van der Waals surface area contributed by atoms with Gasteiger partial charge in [0.05, 0.1) is 0 Å². The van der Waals surface area contributed by atoms with E-state index in [0.29, 0.717) is 0 Å². The predicted octanol–water partition coefficient (Wildman–Crippen LogP) is 3.91. The number of hydrogen-bond acceptors (Lipinski definition) is 3. The molecular weight excluding hydrogens is 212 g/mol. The van der Waals surface area contributed by atoms with Gasteiger partial charge < -0.3 is 0 Å². The minimum absolute atomic E-state index is 0.729. The maximum absolute atomic E-state index is 10.0. The Balaban J connectivity index is 0.000000255. The summed E-state index contributed by atoms with van der Waals surface area (Å²) in [6.07, 6.45) is 0.833. The van der Waals surface area contributed by atoms with Crippen molar-refractivity contribution < 1.29 is 4.79 Å². The van der Waals surface area contributed by atoms with Crippen LogP contribution in [-0.2, 0) is 0 Å². The molecule has 14 heavy (non-hydrogen) atoms. The van der Waals surface area contributed by atoms with Crippen LogP contribution in [0.2, 0.25) is 0 Å². The third kappa shape index (κ3) is 8.20. The van der Waals surface area contributed by atoms with Gasteiger partial charge in [-0.25, -0.2) is 0 Å². The monoisotopic (exact) mass is 228 g/mol. The zero-order valence-corrected chi connectivity index (χ0v) is 10.2. The summed E-state index contributed by atoms with van der Waals surface area (Å²) in [5.41, 5.74) is 0.729. The van der Waals surface area contributed by atoms with E-state index in [4.69, 9.17) is 0 Å². The third-order valence-corrected chi connectivity index (χ3v) is 3.81. The first-order valence-electron chi connectivity index (χ1n) is 4.59. The number of rotatable bonds is 4. The van der Waals surface area contributed by atoms with Crippen molar-refractivity contribution in [3.63, 3.8) is 0 Å². The Labute approximate surface area is 94.1 Å². The smallest absolute Gasteiger partial charge is 0.150 e. The quantitative estimate of drug-likeness (QED) is 0.442. The van der Waals surface area contributed by atoms with Crippen molar-refractivity contribution in [3.05, 3.63) is 35.9 Å². The molecule has 0 fully saturated rings. The number of carbonyl (C=O) groups excluding carboxylic acids is 1. The van der Waals surface area contributed by atoms with Gasteiger partial charge in [0.1, 0.15) is 6.29 Å². The fourth-order valence-electron chi connectivity index (χ4n) is 0.698. The lowest BCUT2D eigenvalue weighted by Gasteiger charge is -1.86. The topological polar surface area (TPSA) is 17.1 Å². The van der Waals surface area contributed by atoms with E-state index in [1.54, 1.807) is 12.1 Å². The minimum Gasteiger partial charge on any atom is -0.298 e. The molecule has 0 spiro atoms. The molecular formula is C11H16OS2. The van der Waals surface area contributed by atoms with Gasteiger partial charge in [0, 0.05) is 17.1 Å². The molecule has 0 atom stereocenters. The average Bonchev–Trinajstić information content (AvgIpc) is 2.28. The molecule has 0 aromatic heterocycles. The maximum atomic E-state index is 10.0. The first kappa shape index (κ1) is 13.6. The van der Waals surface area contributed by atoms with Crippen LogP contribution >= 0.6 is 21.6 Å². The van der Waals surface area contributed by atoms with Crippen molar-refractivity contribution in [3.8, 4) is 0 Å². The molecule has 78 valence electrons. The lowest BCUT2D eigenvalue weighted by molar-refractivity contribution is 0.112. The Morgan fingerprint density at radius 1 is 1.07 bits per heavy atom. The van der Waals surface area contributed by atoms with Gasteiger partial charge in [0.25, 0.3) is 0 Å². The van der Waals surface area contributed by atoms with E-state index in [1.807, 2.05) is 39.8 Å². The Bertz CT molecular complexity index is 220. The highest BCUT2D eigenvalue weighted by Crippen LogP contribution is 2.18. The summed E-state index contributed by atoms with van der Waals surface area (Å²) in [5, 5.41) is 0. The molecule has 3 heteroatoms. The van der Waals surface area contributed by atoms with E-state index in [2.05, 4.69) is 13.8 Å². The lowest BCUT2D eigenvalue weighted by atomic mass is 10.2. The van der Waals surface area contributed by atoms with Crippen LogP contribution in [0.5, 0.6) is 0 Å². The summed E-state index contributed by atoms with van der Waals surface area (Å²) in [7, 11) is 3.85. The molecule has 0 bridgehead atoms. The van der Waals surface area contributed by atoms with E-state index in [9.17, 15) is 4.79 Å². The number of aldehydes is 1. The average molecular weight is 228 g/mol. The summed E-state index contributed by atoms with van der Waals surface area (Å²) < 4.78 is 0. The molecule has 0 aliphatic heterocycles. The summed E-state index contributed by atoms with van der Waals surface area (Å²) in [4.78, 5) is 10.0. The molecule has 0 saturated heterocycles. The van der Waals surface area contributed by atoms with E-state index in [1.165, 1.54) is 11.5 Å². The van der Waals surface area contributed by atoms with Crippen LogP contribution in [-0.4, -0.2) is 17.8 Å². The van der Waals surface area contributed by atoms with Crippen LogP contribution in [0.15, 0.2) is 30.3 Å². The molecule has 0 aliphatic carbocycles. The van der Waals surface area contributed by atoms with E-state index in [-0.39, 0.29) is 0 Å². The van der Waals surface area contributed by atoms with Crippen LogP contribution < -0.4 is 0 Å². The molecule has 0 aliphatic rings. The second-order valence-corrected chi connectivity index (χ2v) is 5.38. The highest BCUT2D eigenvalue weighted by atomic mass is 33.1. The zero-order valence-electron chi connectivity index (χ0n) is 8.60. The maximum Gasteiger partial charge on any atom is 0.150 e. The number of benzene rings is 1. The Kier molecular flexibility index (Phi) is 10.4. The number of carbonyl (C=O) groups is 1. The second-order valence-electron chi connectivity index (χ2n) is 2.34. The normalized spacial score (nSPS) is 8.71. The van der Waals surface area contributed by atoms with Gasteiger partial charge in [-0.1, -0.05) is 65.8 Å². The van der Waals surface area contributed by atoms with Crippen LogP contribution in [0.1, 0.15) is 24.2 Å². The highest BCUT2D eigenvalue weighted by Gasteiger charge is 1.80. The Hall–Kier alpha value is -0.410. The molecule has 1 rings (SSSR count). The van der Waals surface area contributed by atoms with Gasteiger partial charge >= 0.3 is 0 Å². The summed E-state index contributed by atoms with van der Waals surface area (Å²) >= 11 is 0. The van der Waals surface area contributed by atoms with Gasteiger partial charge in [0.15, 0.2) is 0 Å². The first-order chi connectivity index (χ1) is 6.85. The van der Waals surface area contributed by atoms with Crippen molar-refractivity contribution in [2.45, 2.75) is 13.8 Å². The van der Waals surface area contributed by atoms with Crippen LogP contribution in [0.3, 0.4) is 0 Å². The van der Waals surface area contributed by atoms with E-state index in [0.717, 1.165) is 11.8 Å². The van der Waals surface area contributed by atoms with Gasteiger partial charge in [-0.05, 0) is 0 Å². The van der Waals surface area contributed by atoms with Crippen LogP contribution in [0.4, 0.5) is 0 Å².